The van der Waals surface area contributed by atoms with Crippen molar-refractivity contribution >= 4 is 5.91 Å². The monoisotopic (exact) mass is 1300 g/mol. The largest absolute Gasteiger partial charge is 0.394 e. The van der Waals surface area contributed by atoms with E-state index in [1.54, 1.807) is 6.08 Å². The summed E-state index contributed by atoms with van der Waals surface area (Å²) >= 11 is 0. The molecule has 9 N–H and O–H groups in total. The maximum absolute atomic E-state index is 13.3. The lowest BCUT2D eigenvalue weighted by Crippen LogP contribution is -2.65. The van der Waals surface area contributed by atoms with Crippen molar-refractivity contribution in [3.05, 3.63) is 158 Å². The predicted octanol–water partition coefficient (Wildman–Crippen LogP) is 15.4. The molecule has 0 radical (unpaired) electrons. The van der Waals surface area contributed by atoms with Crippen LogP contribution in [-0.4, -0.2) is 140 Å². The summed E-state index contributed by atoms with van der Waals surface area (Å²) in [7, 11) is 0. The number of rotatable bonds is 57. The molecule has 2 rings (SSSR count). The zero-order valence-corrected chi connectivity index (χ0v) is 57.4. The second-order valence-electron chi connectivity index (χ2n) is 24.6. The van der Waals surface area contributed by atoms with Crippen LogP contribution in [0, 0.1) is 0 Å². The summed E-state index contributed by atoms with van der Waals surface area (Å²) < 4.78 is 22.8. The first-order valence-corrected chi connectivity index (χ1v) is 36.2. The van der Waals surface area contributed by atoms with E-state index in [1.807, 2.05) is 6.08 Å². The summed E-state index contributed by atoms with van der Waals surface area (Å²) in [6.07, 6.45) is 77.2. The lowest BCUT2D eigenvalue weighted by molar-refractivity contribution is -0.359. The number of hydrogen-bond donors (Lipinski definition) is 9. The smallest absolute Gasteiger partial charge is 0.220 e. The standard InChI is InChI=1S/C79H129NO13/c1-3-5-7-9-11-13-15-17-19-21-23-25-26-27-28-29-30-31-32-33-34-35-36-37-38-39-40-41-42-43-45-47-49-51-53-55-57-59-61-63-71(84)80-67(68(83)62-60-58-56-54-52-50-48-46-44-24-22-20-18-16-14-12-10-8-6-4-2)66-90-78-76(89)74(87)77(70(65-82)92-78)93-79-75(88)73(86)72(85)69(64-81)91-79/h5,7,11,13,17,19,23,25,27-28,30-31,33-34,36-37,39-40,42-43,47,49,52,54,60,62,67-70,72-79,81-83,85-89H,3-4,6,8-10,12,14-16,18,20-22,24,26,29,32,35,38,41,44-46,48,50-51,53,55-59,61,63-66H2,1-2H3,(H,80,84)/b7-5-,13-11-,19-17-,25-23-,28-27-,31-30-,34-33-,37-36-,40-39-,43-42-,49-47-,54-52+,62-60+. The highest BCUT2D eigenvalue weighted by Crippen LogP contribution is 2.30. The summed E-state index contributed by atoms with van der Waals surface area (Å²) in [6.45, 7) is 2.65. The Labute approximate surface area is 563 Å². The van der Waals surface area contributed by atoms with Crippen molar-refractivity contribution in [3.63, 3.8) is 0 Å². The molecule has 0 aromatic heterocycles. The number of aliphatic hydroxyl groups excluding tert-OH is 8. The first-order chi connectivity index (χ1) is 45.6. The van der Waals surface area contributed by atoms with Crippen molar-refractivity contribution in [2.75, 3.05) is 19.8 Å². The summed E-state index contributed by atoms with van der Waals surface area (Å²) in [5.41, 5.74) is 0. The van der Waals surface area contributed by atoms with E-state index >= 15 is 0 Å². The number of ether oxygens (including phenoxy) is 4. The molecule has 2 aliphatic rings. The molecule has 2 heterocycles. The SMILES string of the molecule is CC/C=C\C/C=C\C/C=C\C/C=C\C/C=C\C/C=C\C/C=C\C/C=C\C/C=C\C/C=C\C/C=C\CCCCCCCC(=O)NC(COC1OC(CO)C(OC2OC(CO)C(O)C(O)C2O)C(O)C1O)C(O)/C=C/CC/C=C/CCCCCCCCCCCCCCCC. The maximum atomic E-state index is 13.3. The van der Waals surface area contributed by atoms with E-state index in [4.69, 9.17) is 18.9 Å². The Kier molecular flexibility index (Phi) is 55.8. The Morgan fingerprint density at radius 3 is 1.18 bits per heavy atom. The minimum atomic E-state index is -1.80. The second kappa shape index (κ2) is 61.2. The molecule has 14 nitrogen and oxygen atoms in total. The highest BCUT2D eigenvalue weighted by atomic mass is 16.7. The van der Waals surface area contributed by atoms with Crippen molar-refractivity contribution in [2.45, 2.75) is 312 Å². The molecule has 0 saturated carbocycles. The predicted molar refractivity (Wildman–Crippen MR) is 382 cm³/mol. The molecule has 2 aliphatic heterocycles. The average molecular weight is 1300 g/mol. The van der Waals surface area contributed by atoms with Gasteiger partial charge in [-0.15, -0.1) is 0 Å². The van der Waals surface area contributed by atoms with Crippen LogP contribution in [0.1, 0.15) is 239 Å². The van der Waals surface area contributed by atoms with Gasteiger partial charge in [-0.25, -0.2) is 0 Å². The molecule has 12 atom stereocenters. The van der Waals surface area contributed by atoms with E-state index in [-0.39, 0.29) is 18.9 Å². The van der Waals surface area contributed by atoms with Gasteiger partial charge in [0.25, 0.3) is 0 Å². The quantitative estimate of drug-likeness (QED) is 0.0204. The Hall–Kier alpha value is -4.39. The van der Waals surface area contributed by atoms with Crippen molar-refractivity contribution in [2.24, 2.45) is 0 Å². The van der Waals surface area contributed by atoms with Crippen LogP contribution < -0.4 is 5.32 Å². The number of carbonyl (C=O) groups is 1. The third-order valence-corrected chi connectivity index (χ3v) is 16.4. The fraction of sp³-hybridized carbons (Fsp3) is 0.658. The van der Waals surface area contributed by atoms with Crippen LogP contribution in [0.2, 0.25) is 0 Å². The third-order valence-electron chi connectivity index (χ3n) is 16.4. The fourth-order valence-corrected chi connectivity index (χ4v) is 10.7. The Bertz CT molecular complexity index is 2170. The molecule has 14 heteroatoms. The molecule has 0 aliphatic carbocycles. The normalized spacial score (nSPS) is 23.5. The summed E-state index contributed by atoms with van der Waals surface area (Å²) in [4.78, 5) is 13.3. The highest BCUT2D eigenvalue weighted by Gasteiger charge is 2.51. The summed E-state index contributed by atoms with van der Waals surface area (Å²) in [6, 6.07) is -0.955. The van der Waals surface area contributed by atoms with E-state index in [2.05, 4.69) is 165 Å². The first kappa shape index (κ1) is 84.7. The Morgan fingerprint density at radius 2 is 0.753 bits per heavy atom. The summed E-state index contributed by atoms with van der Waals surface area (Å²) in [5, 5.41) is 87.4. The van der Waals surface area contributed by atoms with Gasteiger partial charge in [0.05, 0.1) is 32.0 Å². The van der Waals surface area contributed by atoms with Crippen LogP contribution in [0.5, 0.6) is 0 Å². The van der Waals surface area contributed by atoms with Crippen molar-refractivity contribution in [1.82, 2.24) is 5.32 Å². The van der Waals surface area contributed by atoms with E-state index in [9.17, 15) is 45.6 Å². The minimum absolute atomic E-state index is 0.241. The highest BCUT2D eigenvalue weighted by molar-refractivity contribution is 5.76. The van der Waals surface area contributed by atoms with Gasteiger partial charge in [-0.1, -0.05) is 275 Å². The van der Waals surface area contributed by atoms with Crippen molar-refractivity contribution in [3.8, 4) is 0 Å². The van der Waals surface area contributed by atoms with Crippen LogP contribution in [0.4, 0.5) is 0 Å². The van der Waals surface area contributed by atoms with Crippen LogP contribution in [0.25, 0.3) is 0 Å². The van der Waals surface area contributed by atoms with E-state index < -0.39 is 86.8 Å². The number of amides is 1. The van der Waals surface area contributed by atoms with Crippen LogP contribution in [0.15, 0.2) is 158 Å². The van der Waals surface area contributed by atoms with Crippen LogP contribution in [0.3, 0.4) is 0 Å². The molecule has 2 saturated heterocycles. The van der Waals surface area contributed by atoms with Gasteiger partial charge in [-0.3, -0.25) is 4.79 Å². The average Bonchev–Trinajstić information content (AvgIpc) is 0.854. The fourth-order valence-electron chi connectivity index (χ4n) is 10.7. The maximum Gasteiger partial charge on any atom is 0.220 e. The van der Waals surface area contributed by atoms with Gasteiger partial charge in [-0.2, -0.15) is 0 Å². The van der Waals surface area contributed by atoms with Crippen LogP contribution in [-0.2, 0) is 23.7 Å². The number of aliphatic hydroxyl groups is 8. The first-order valence-electron chi connectivity index (χ1n) is 36.2. The Balaban J connectivity index is 1.68. The van der Waals surface area contributed by atoms with Gasteiger partial charge in [0, 0.05) is 6.42 Å². The molecule has 2 fully saturated rings. The topological polar surface area (TPSA) is 228 Å². The third kappa shape index (κ3) is 44.9. The zero-order chi connectivity index (χ0) is 67.3. The van der Waals surface area contributed by atoms with Gasteiger partial charge in [0.15, 0.2) is 12.6 Å². The molecule has 528 valence electrons. The van der Waals surface area contributed by atoms with Gasteiger partial charge in [0.2, 0.25) is 5.91 Å². The lowest BCUT2D eigenvalue weighted by atomic mass is 9.97. The van der Waals surface area contributed by atoms with Gasteiger partial charge in [0.1, 0.15) is 48.8 Å². The molecule has 0 bridgehead atoms. The number of allylic oxidation sites excluding steroid dienone is 25. The number of hydrogen-bond acceptors (Lipinski definition) is 13. The van der Waals surface area contributed by atoms with Crippen molar-refractivity contribution < 1.29 is 64.6 Å². The van der Waals surface area contributed by atoms with Gasteiger partial charge < -0.3 is 65.1 Å². The molecule has 0 spiro atoms. The van der Waals surface area contributed by atoms with Gasteiger partial charge >= 0.3 is 0 Å². The number of carbonyl (C=O) groups excluding carboxylic acids is 1. The summed E-state index contributed by atoms with van der Waals surface area (Å²) in [5.74, 6) is -0.274. The lowest BCUT2D eigenvalue weighted by Gasteiger charge is -2.46. The minimum Gasteiger partial charge on any atom is -0.394 e. The molecule has 12 unspecified atom stereocenters. The molecular formula is C79H129NO13. The Morgan fingerprint density at radius 1 is 0.398 bits per heavy atom. The zero-order valence-electron chi connectivity index (χ0n) is 57.4. The van der Waals surface area contributed by atoms with Crippen molar-refractivity contribution in [1.29, 1.82) is 0 Å². The second-order valence-corrected chi connectivity index (χ2v) is 24.6. The van der Waals surface area contributed by atoms with E-state index in [1.165, 1.54) is 89.9 Å². The number of unbranched alkanes of at least 4 members (excludes halogenated alkanes) is 20. The number of nitrogens with one attached hydrogen (secondary N) is 1. The van der Waals surface area contributed by atoms with Gasteiger partial charge in [-0.05, 0) is 116 Å². The van der Waals surface area contributed by atoms with Crippen LogP contribution >= 0.6 is 0 Å². The molecule has 1 amide bonds. The van der Waals surface area contributed by atoms with E-state index in [0.717, 1.165) is 116 Å². The molecular weight excluding hydrogens is 1170 g/mol. The molecule has 0 aromatic rings. The van der Waals surface area contributed by atoms with E-state index in [0.29, 0.717) is 12.8 Å². The molecule has 0 aromatic carbocycles. The molecule has 93 heavy (non-hydrogen) atoms.